The molecular formula is C25H19BrN2O5. The molecule has 8 heteroatoms. The molecule has 2 unspecified atom stereocenters. The smallest absolute Gasteiger partial charge is 0.319 e. The molecule has 0 aliphatic carbocycles. The molecule has 1 heterocycles. The van der Waals surface area contributed by atoms with E-state index in [1.807, 2.05) is 24.3 Å². The lowest BCUT2D eigenvalue weighted by Crippen LogP contribution is -2.38. The maximum atomic E-state index is 12.7. The van der Waals surface area contributed by atoms with E-state index in [0.29, 0.717) is 22.4 Å². The van der Waals surface area contributed by atoms with Crippen molar-refractivity contribution in [3.63, 3.8) is 0 Å². The highest BCUT2D eigenvalue weighted by atomic mass is 79.9. The summed E-state index contributed by atoms with van der Waals surface area (Å²) in [6.45, 7) is 0.143. The minimum Gasteiger partial charge on any atom is -0.508 e. The molecule has 166 valence electrons. The van der Waals surface area contributed by atoms with Gasteiger partial charge in [-0.2, -0.15) is 5.26 Å². The van der Waals surface area contributed by atoms with Crippen LogP contribution in [0.4, 0.5) is 0 Å². The number of nitrogens with zero attached hydrogens (tertiary/aromatic N) is 1. The largest absolute Gasteiger partial charge is 0.508 e. The van der Waals surface area contributed by atoms with Gasteiger partial charge in [0.1, 0.15) is 29.8 Å². The second-order valence-electron chi connectivity index (χ2n) is 7.41. The van der Waals surface area contributed by atoms with Crippen molar-refractivity contribution in [3.8, 4) is 23.3 Å². The summed E-state index contributed by atoms with van der Waals surface area (Å²) in [5.74, 6) is -1.86. The first-order valence-corrected chi connectivity index (χ1v) is 10.8. The second kappa shape index (κ2) is 9.35. The average Bonchev–Trinajstić information content (AvgIpc) is 2.82. The Bertz CT molecular complexity index is 1280. The van der Waals surface area contributed by atoms with Gasteiger partial charge in [0.2, 0.25) is 5.90 Å². The number of esters is 1. The number of phenolic OH excluding ortho intramolecular Hbond substituents is 1. The van der Waals surface area contributed by atoms with E-state index >= 15 is 0 Å². The standard InChI is InChI=1S/C25H19BrN2O5/c1-31-25(30)23-22(18-8-7-17(29)11-21(18)33-24(23)28)19-10-16(26)6-9-20(19)32-13-15-5-3-2-4-14(15)12-27/h2-11,22-23,28-29H,13H2,1H3. The van der Waals surface area contributed by atoms with Crippen LogP contribution >= 0.6 is 15.9 Å². The molecule has 0 fully saturated rings. The Morgan fingerprint density at radius 2 is 1.97 bits per heavy atom. The van der Waals surface area contributed by atoms with E-state index in [1.54, 1.807) is 24.3 Å². The summed E-state index contributed by atoms with van der Waals surface area (Å²) in [7, 11) is 1.26. The van der Waals surface area contributed by atoms with Crippen LogP contribution in [0.5, 0.6) is 17.2 Å². The van der Waals surface area contributed by atoms with E-state index in [9.17, 15) is 15.2 Å². The molecule has 2 atom stereocenters. The van der Waals surface area contributed by atoms with Crippen LogP contribution in [0.15, 0.2) is 65.1 Å². The zero-order chi connectivity index (χ0) is 23.5. The van der Waals surface area contributed by atoms with Gasteiger partial charge < -0.3 is 19.3 Å². The number of hydrogen-bond acceptors (Lipinski definition) is 7. The van der Waals surface area contributed by atoms with Crippen LogP contribution in [-0.2, 0) is 16.1 Å². The Labute approximate surface area is 198 Å². The monoisotopic (exact) mass is 506 g/mol. The molecule has 0 radical (unpaired) electrons. The lowest BCUT2D eigenvalue weighted by molar-refractivity contribution is -0.143. The van der Waals surface area contributed by atoms with Gasteiger partial charge in [-0.1, -0.05) is 40.2 Å². The molecule has 7 nitrogen and oxygen atoms in total. The van der Waals surface area contributed by atoms with E-state index < -0.39 is 17.8 Å². The Balaban J connectivity index is 1.82. The Kier molecular flexibility index (Phi) is 6.33. The lowest BCUT2D eigenvalue weighted by atomic mass is 9.78. The molecule has 3 aromatic carbocycles. The van der Waals surface area contributed by atoms with Crippen LogP contribution in [-0.4, -0.2) is 24.1 Å². The Hall–Kier alpha value is -3.83. The molecule has 0 aromatic heterocycles. The lowest BCUT2D eigenvalue weighted by Gasteiger charge is -2.33. The molecule has 33 heavy (non-hydrogen) atoms. The summed E-state index contributed by atoms with van der Waals surface area (Å²) in [6, 6.07) is 19.3. The number of benzene rings is 3. The first-order valence-electron chi connectivity index (χ1n) is 10.00. The molecule has 4 rings (SSSR count). The Morgan fingerprint density at radius 1 is 1.18 bits per heavy atom. The van der Waals surface area contributed by atoms with Gasteiger partial charge in [-0.15, -0.1) is 0 Å². The van der Waals surface area contributed by atoms with Crippen LogP contribution in [0.2, 0.25) is 0 Å². The average molecular weight is 507 g/mol. The quantitative estimate of drug-likeness (QED) is 0.476. The molecule has 0 amide bonds. The number of ether oxygens (including phenoxy) is 3. The van der Waals surface area contributed by atoms with Gasteiger partial charge in [0.15, 0.2) is 0 Å². The zero-order valence-electron chi connectivity index (χ0n) is 17.5. The van der Waals surface area contributed by atoms with Crippen molar-refractivity contribution in [3.05, 3.63) is 87.4 Å². The summed E-state index contributed by atoms with van der Waals surface area (Å²) < 4.78 is 17.4. The van der Waals surface area contributed by atoms with E-state index in [-0.39, 0.29) is 24.0 Å². The van der Waals surface area contributed by atoms with Gasteiger partial charge in [-0.3, -0.25) is 10.2 Å². The maximum Gasteiger partial charge on any atom is 0.319 e. The third-order valence-electron chi connectivity index (χ3n) is 5.45. The fourth-order valence-electron chi connectivity index (χ4n) is 3.90. The van der Waals surface area contributed by atoms with E-state index in [0.717, 1.165) is 10.0 Å². The number of phenols is 1. The number of rotatable bonds is 5. The van der Waals surface area contributed by atoms with Gasteiger partial charge in [0.25, 0.3) is 0 Å². The molecule has 0 bridgehead atoms. The van der Waals surface area contributed by atoms with Crippen molar-refractivity contribution >= 4 is 27.8 Å². The molecule has 0 spiro atoms. The van der Waals surface area contributed by atoms with Crippen LogP contribution in [0.3, 0.4) is 0 Å². The first kappa shape index (κ1) is 22.4. The summed E-state index contributed by atoms with van der Waals surface area (Å²) in [5, 5.41) is 27.7. The molecule has 0 saturated heterocycles. The van der Waals surface area contributed by atoms with E-state index in [2.05, 4.69) is 22.0 Å². The summed E-state index contributed by atoms with van der Waals surface area (Å²) in [5.41, 5.74) is 2.48. The van der Waals surface area contributed by atoms with Crippen molar-refractivity contribution in [2.45, 2.75) is 12.5 Å². The van der Waals surface area contributed by atoms with Gasteiger partial charge in [-0.25, -0.2) is 0 Å². The highest BCUT2D eigenvalue weighted by molar-refractivity contribution is 9.10. The third-order valence-corrected chi connectivity index (χ3v) is 5.94. The molecular weight excluding hydrogens is 488 g/mol. The van der Waals surface area contributed by atoms with Crippen molar-refractivity contribution < 1.29 is 24.1 Å². The predicted molar refractivity (Wildman–Crippen MR) is 123 cm³/mol. The Morgan fingerprint density at radius 3 is 2.73 bits per heavy atom. The SMILES string of the molecule is COC(=O)C1C(=N)Oc2cc(O)ccc2C1c1cc(Br)ccc1OCc1ccccc1C#N. The van der Waals surface area contributed by atoms with Crippen molar-refractivity contribution in [2.75, 3.05) is 7.11 Å². The van der Waals surface area contributed by atoms with Gasteiger partial charge in [0, 0.05) is 33.1 Å². The highest BCUT2D eigenvalue weighted by Gasteiger charge is 2.43. The number of aromatic hydroxyl groups is 1. The molecule has 3 aromatic rings. The summed E-state index contributed by atoms with van der Waals surface area (Å²) in [4.78, 5) is 12.7. The number of carbonyl (C=O) groups excluding carboxylic acids is 1. The number of hydrogen-bond donors (Lipinski definition) is 2. The minimum absolute atomic E-state index is 0.0179. The number of nitrogens with one attached hydrogen (secondary N) is 1. The number of nitriles is 1. The molecule has 1 aliphatic rings. The van der Waals surface area contributed by atoms with E-state index in [4.69, 9.17) is 19.6 Å². The molecule has 0 saturated carbocycles. The summed E-state index contributed by atoms with van der Waals surface area (Å²) >= 11 is 3.48. The topological polar surface area (TPSA) is 113 Å². The van der Waals surface area contributed by atoms with Crippen LogP contribution in [0.1, 0.15) is 28.2 Å². The van der Waals surface area contributed by atoms with Crippen LogP contribution in [0.25, 0.3) is 0 Å². The van der Waals surface area contributed by atoms with Crippen LogP contribution in [0, 0.1) is 22.7 Å². The zero-order valence-corrected chi connectivity index (χ0v) is 19.1. The number of fused-ring (bicyclic) bond motifs is 1. The fourth-order valence-corrected chi connectivity index (χ4v) is 4.28. The fraction of sp³-hybridized carbons (Fsp3) is 0.160. The normalized spacial score (nSPS) is 16.8. The summed E-state index contributed by atoms with van der Waals surface area (Å²) in [6.07, 6.45) is 0. The van der Waals surface area contributed by atoms with Gasteiger partial charge in [-0.05, 0) is 30.3 Å². The number of methoxy groups -OCH3 is 1. The number of carbonyl (C=O) groups is 1. The van der Waals surface area contributed by atoms with Gasteiger partial charge >= 0.3 is 5.97 Å². The molecule has 2 N–H and O–H groups in total. The minimum atomic E-state index is -1.05. The molecule has 1 aliphatic heterocycles. The third kappa shape index (κ3) is 4.41. The number of halogens is 1. The van der Waals surface area contributed by atoms with Crippen molar-refractivity contribution in [1.82, 2.24) is 0 Å². The first-order chi connectivity index (χ1) is 15.9. The van der Waals surface area contributed by atoms with Gasteiger partial charge in [0.05, 0.1) is 18.7 Å². The van der Waals surface area contributed by atoms with Crippen molar-refractivity contribution in [1.29, 1.82) is 10.7 Å². The highest BCUT2D eigenvalue weighted by Crippen LogP contribution is 2.47. The van der Waals surface area contributed by atoms with Crippen molar-refractivity contribution in [2.24, 2.45) is 5.92 Å². The second-order valence-corrected chi connectivity index (χ2v) is 8.32. The predicted octanol–water partition coefficient (Wildman–Crippen LogP) is 4.90. The van der Waals surface area contributed by atoms with E-state index in [1.165, 1.54) is 19.2 Å². The van der Waals surface area contributed by atoms with Crippen LogP contribution < -0.4 is 9.47 Å². The maximum absolute atomic E-state index is 12.7.